The second-order valence-corrected chi connectivity index (χ2v) is 4.97. The molecule has 1 fully saturated rings. The van der Waals surface area contributed by atoms with Crippen LogP contribution in [0.3, 0.4) is 0 Å². The molecule has 1 aliphatic heterocycles. The molecular weight excluding hydrogens is 240 g/mol. The van der Waals surface area contributed by atoms with E-state index >= 15 is 0 Å². The van der Waals surface area contributed by atoms with Crippen LogP contribution in [0.1, 0.15) is 30.8 Å². The third kappa shape index (κ3) is 2.14. The first-order valence-corrected chi connectivity index (χ1v) is 6.53. The molecule has 2 aromatic rings. The molecule has 1 aliphatic rings. The highest BCUT2D eigenvalue weighted by atomic mass is 15.3. The second kappa shape index (κ2) is 4.53. The molecule has 0 amide bonds. The smallest absolute Gasteiger partial charge is 0.150 e. The number of hydrogen-bond acceptors (Lipinski definition) is 5. The lowest BCUT2D eigenvalue weighted by molar-refractivity contribution is 0.545. The van der Waals surface area contributed by atoms with Gasteiger partial charge in [-0.2, -0.15) is 5.10 Å². The van der Waals surface area contributed by atoms with Crippen molar-refractivity contribution in [3.05, 3.63) is 30.0 Å². The second-order valence-electron chi connectivity index (χ2n) is 4.97. The Kier molecular flexibility index (Phi) is 2.85. The van der Waals surface area contributed by atoms with E-state index in [-0.39, 0.29) is 6.04 Å². The molecule has 1 unspecified atom stereocenters. The highest BCUT2D eigenvalue weighted by Gasteiger charge is 2.20. The van der Waals surface area contributed by atoms with E-state index in [9.17, 15) is 0 Å². The van der Waals surface area contributed by atoms with Crippen LogP contribution in [0, 0.1) is 6.92 Å². The fourth-order valence-corrected chi connectivity index (χ4v) is 2.23. The van der Waals surface area contributed by atoms with Crippen molar-refractivity contribution in [3.8, 4) is 0 Å². The Hall–Kier alpha value is -2.11. The van der Waals surface area contributed by atoms with Crippen molar-refractivity contribution in [2.45, 2.75) is 26.3 Å². The number of nitrogens with zero attached hydrogens (tertiary/aromatic N) is 5. The first-order valence-electron chi connectivity index (χ1n) is 6.53. The predicted octanol–water partition coefficient (Wildman–Crippen LogP) is 1.38. The van der Waals surface area contributed by atoms with Crippen molar-refractivity contribution in [1.29, 1.82) is 0 Å². The maximum atomic E-state index is 5.69. The average molecular weight is 258 g/mol. The van der Waals surface area contributed by atoms with Crippen LogP contribution in [0.5, 0.6) is 0 Å². The van der Waals surface area contributed by atoms with Gasteiger partial charge in [-0.15, -0.1) is 0 Å². The Balaban J connectivity index is 1.87. The van der Waals surface area contributed by atoms with Gasteiger partial charge in [0.2, 0.25) is 0 Å². The van der Waals surface area contributed by atoms with Crippen LogP contribution >= 0.6 is 0 Å². The summed E-state index contributed by atoms with van der Waals surface area (Å²) in [6.45, 7) is 6.22. The van der Waals surface area contributed by atoms with E-state index in [1.807, 2.05) is 30.9 Å². The van der Waals surface area contributed by atoms with Gasteiger partial charge in [0.05, 0.1) is 35.5 Å². The van der Waals surface area contributed by atoms with Gasteiger partial charge in [0.1, 0.15) is 5.82 Å². The maximum absolute atomic E-state index is 5.69. The van der Waals surface area contributed by atoms with Gasteiger partial charge in [-0.05, 0) is 20.3 Å². The summed E-state index contributed by atoms with van der Waals surface area (Å²) in [7, 11) is 0. The van der Waals surface area contributed by atoms with Gasteiger partial charge >= 0.3 is 0 Å². The van der Waals surface area contributed by atoms with Crippen LogP contribution in [-0.2, 0) is 0 Å². The van der Waals surface area contributed by atoms with E-state index in [0.29, 0.717) is 5.69 Å². The molecule has 3 rings (SSSR count). The number of hydrogen-bond donors (Lipinski definition) is 1. The zero-order valence-electron chi connectivity index (χ0n) is 11.2. The molecule has 6 heteroatoms. The number of nitrogen functional groups attached to an aromatic ring is 1. The van der Waals surface area contributed by atoms with Gasteiger partial charge in [-0.1, -0.05) is 0 Å². The highest BCUT2D eigenvalue weighted by Crippen LogP contribution is 2.23. The summed E-state index contributed by atoms with van der Waals surface area (Å²) in [6, 6.07) is 0.0361. The molecule has 0 aliphatic carbocycles. The van der Waals surface area contributed by atoms with Crippen molar-refractivity contribution in [3.63, 3.8) is 0 Å². The van der Waals surface area contributed by atoms with Crippen LogP contribution in [-0.4, -0.2) is 32.8 Å². The molecular formula is C13H18N6. The number of nitrogens with two attached hydrogens (primary N) is 1. The summed E-state index contributed by atoms with van der Waals surface area (Å²) in [5.41, 5.74) is 8.23. The fourth-order valence-electron chi connectivity index (χ4n) is 2.23. The third-order valence-corrected chi connectivity index (χ3v) is 3.54. The fraction of sp³-hybridized carbons (Fsp3) is 0.462. The summed E-state index contributed by atoms with van der Waals surface area (Å²) >= 11 is 0. The van der Waals surface area contributed by atoms with E-state index in [1.54, 1.807) is 6.20 Å². The number of aryl methyl sites for hydroxylation is 1. The molecule has 0 spiro atoms. The Morgan fingerprint density at radius 2 is 2.11 bits per heavy atom. The zero-order chi connectivity index (χ0) is 13.4. The summed E-state index contributed by atoms with van der Waals surface area (Å²) in [5, 5.41) is 4.22. The van der Waals surface area contributed by atoms with E-state index < -0.39 is 0 Å². The molecule has 100 valence electrons. The van der Waals surface area contributed by atoms with Crippen molar-refractivity contribution in [1.82, 2.24) is 19.7 Å². The van der Waals surface area contributed by atoms with Crippen LogP contribution < -0.4 is 10.6 Å². The average Bonchev–Trinajstić information content (AvgIpc) is 2.75. The SMILES string of the molecule is Cc1nc(C(C)n2cc(N)cn2)cnc1N1CCC1. The molecule has 1 atom stereocenters. The molecule has 0 bridgehead atoms. The molecule has 6 nitrogen and oxygen atoms in total. The van der Waals surface area contributed by atoms with E-state index in [4.69, 9.17) is 5.73 Å². The summed E-state index contributed by atoms with van der Waals surface area (Å²) in [6.07, 6.45) is 6.53. The summed E-state index contributed by atoms with van der Waals surface area (Å²) < 4.78 is 1.81. The molecule has 0 radical (unpaired) electrons. The molecule has 1 saturated heterocycles. The van der Waals surface area contributed by atoms with Crippen molar-refractivity contribution in [2.24, 2.45) is 0 Å². The van der Waals surface area contributed by atoms with E-state index in [1.165, 1.54) is 6.42 Å². The first-order chi connectivity index (χ1) is 9.15. The first kappa shape index (κ1) is 12.0. The molecule has 0 saturated carbocycles. The van der Waals surface area contributed by atoms with Crippen molar-refractivity contribution < 1.29 is 0 Å². The maximum Gasteiger partial charge on any atom is 0.150 e. The normalized spacial score (nSPS) is 16.2. The highest BCUT2D eigenvalue weighted by molar-refractivity contribution is 5.45. The van der Waals surface area contributed by atoms with Gasteiger partial charge in [0, 0.05) is 19.3 Å². The minimum atomic E-state index is 0.0361. The van der Waals surface area contributed by atoms with Gasteiger partial charge in [-0.25, -0.2) is 4.98 Å². The molecule has 0 aromatic carbocycles. The van der Waals surface area contributed by atoms with Crippen molar-refractivity contribution >= 4 is 11.5 Å². The monoisotopic (exact) mass is 258 g/mol. The quantitative estimate of drug-likeness (QED) is 0.900. The molecule has 2 N–H and O–H groups in total. The largest absolute Gasteiger partial charge is 0.396 e. The zero-order valence-corrected chi connectivity index (χ0v) is 11.2. The predicted molar refractivity (Wildman–Crippen MR) is 74.1 cm³/mol. The summed E-state index contributed by atoms with van der Waals surface area (Å²) in [4.78, 5) is 11.5. The number of anilines is 2. The Morgan fingerprint density at radius 1 is 1.32 bits per heavy atom. The lowest BCUT2D eigenvalue weighted by Crippen LogP contribution is -2.38. The lowest BCUT2D eigenvalue weighted by Gasteiger charge is -2.32. The molecule has 2 aromatic heterocycles. The lowest BCUT2D eigenvalue weighted by atomic mass is 10.2. The summed E-state index contributed by atoms with van der Waals surface area (Å²) in [5.74, 6) is 1.00. The number of rotatable bonds is 3. The molecule has 3 heterocycles. The van der Waals surface area contributed by atoms with Gasteiger partial charge < -0.3 is 10.6 Å². The van der Waals surface area contributed by atoms with Crippen LogP contribution in [0.25, 0.3) is 0 Å². The van der Waals surface area contributed by atoms with Gasteiger partial charge in [0.15, 0.2) is 0 Å². The Morgan fingerprint density at radius 3 is 2.63 bits per heavy atom. The van der Waals surface area contributed by atoms with Gasteiger partial charge in [0.25, 0.3) is 0 Å². The van der Waals surface area contributed by atoms with Crippen LogP contribution in [0.15, 0.2) is 18.6 Å². The Labute approximate surface area is 112 Å². The van der Waals surface area contributed by atoms with Crippen molar-refractivity contribution in [2.75, 3.05) is 23.7 Å². The Bertz CT molecular complexity index is 587. The van der Waals surface area contributed by atoms with Crippen LogP contribution in [0.4, 0.5) is 11.5 Å². The van der Waals surface area contributed by atoms with Gasteiger partial charge in [-0.3, -0.25) is 9.67 Å². The number of aromatic nitrogens is 4. The third-order valence-electron chi connectivity index (χ3n) is 3.54. The minimum absolute atomic E-state index is 0.0361. The minimum Gasteiger partial charge on any atom is -0.396 e. The standard InChI is InChI=1S/C13H18N6/c1-9-13(18-4-3-5-18)15-7-12(17-9)10(2)19-8-11(14)6-16-19/h6-8,10H,3-5,14H2,1-2H3. The van der Waals surface area contributed by atoms with E-state index in [0.717, 1.165) is 30.3 Å². The van der Waals surface area contributed by atoms with Crippen LogP contribution in [0.2, 0.25) is 0 Å². The topological polar surface area (TPSA) is 72.9 Å². The van der Waals surface area contributed by atoms with E-state index in [2.05, 4.69) is 20.0 Å². The molecule has 19 heavy (non-hydrogen) atoms.